The topological polar surface area (TPSA) is 26.3 Å². The molecular weight excluding hydrogens is 284 g/mol. The second-order valence-corrected chi connectivity index (χ2v) is 6.18. The van der Waals surface area contributed by atoms with Crippen LogP contribution in [0.4, 0.5) is 0 Å². The monoisotopic (exact) mass is 308 g/mol. The quantitative estimate of drug-likeness (QED) is 0.468. The van der Waals surface area contributed by atoms with Gasteiger partial charge in [-0.3, -0.25) is 4.79 Å². The van der Waals surface area contributed by atoms with Gasteiger partial charge in [-0.25, -0.2) is 0 Å². The van der Waals surface area contributed by atoms with E-state index in [-0.39, 0.29) is 11.4 Å². The van der Waals surface area contributed by atoms with E-state index < -0.39 is 0 Å². The van der Waals surface area contributed by atoms with Crippen LogP contribution in [0.25, 0.3) is 6.08 Å². The number of esters is 1. The first-order valence-corrected chi connectivity index (χ1v) is 7.93. The van der Waals surface area contributed by atoms with Crippen LogP contribution in [0.2, 0.25) is 5.02 Å². The van der Waals surface area contributed by atoms with Crippen molar-refractivity contribution in [3.05, 3.63) is 40.9 Å². The molecule has 0 unspecified atom stereocenters. The van der Waals surface area contributed by atoms with Gasteiger partial charge in [0, 0.05) is 5.02 Å². The minimum atomic E-state index is -0.386. The first kappa shape index (κ1) is 17.8. The third-order valence-corrected chi connectivity index (χ3v) is 3.80. The normalized spacial score (nSPS) is 11.8. The Kier molecular flexibility index (Phi) is 7.52. The van der Waals surface area contributed by atoms with Gasteiger partial charge in [0.2, 0.25) is 0 Å². The summed E-state index contributed by atoms with van der Waals surface area (Å²) in [4.78, 5) is 11.8. The van der Waals surface area contributed by atoms with E-state index in [1.807, 2.05) is 45.0 Å². The zero-order valence-corrected chi connectivity index (χ0v) is 14.0. The van der Waals surface area contributed by atoms with Gasteiger partial charge in [0.25, 0.3) is 0 Å². The SMILES string of the molecule is CCOC(=O)C(C)(C)CCCCC=Cc1ccccc1Cl. The summed E-state index contributed by atoms with van der Waals surface area (Å²) in [5, 5.41) is 0.775. The van der Waals surface area contributed by atoms with Crippen LogP contribution in [0.5, 0.6) is 0 Å². The average molecular weight is 309 g/mol. The van der Waals surface area contributed by atoms with E-state index in [1.165, 1.54) is 0 Å². The molecule has 2 nitrogen and oxygen atoms in total. The molecule has 0 saturated carbocycles. The number of carbonyl (C=O) groups excluding carboxylic acids is 1. The second kappa shape index (κ2) is 8.89. The van der Waals surface area contributed by atoms with Gasteiger partial charge in [0.05, 0.1) is 12.0 Å². The number of benzene rings is 1. The maximum Gasteiger partial charge on any atom is 0.311 e. The number of rotatable bonds is 8. The van der Waals surface area contributed by atoms with Crippen molar-refractivity contribution in [1.82, 2.24) is 0 Å². The first-order chi connectivity index (χ1) is 9.97. The zero-order valence-electron chi connectivity index (χ0n) is 13.2. The lowest BCUT2D eigenvalue weighted by Gasteiger charge is -2.21. The Morgan fingerprint density at radius 2 is 2.00 bits per heavy atom. The van der Waals surface area contributed by atoms with Gasteiger partial charge < -0.3 is 4.74 Å². The van der Waals surface area contributed by atoms with Gasteiger partial charge in [-0.2, -0.15) is 0 Å². The Hall–Kier alpha value is -1.28. The molecule has 3 heteroatoms. The molecule has 0 aliphatic rings. The molecule has 21 heavy (non-hydrogen) atoms. The van der Waals surface area contributed by atoms with Crippen LogP contribution in [0.3, 0.4) is 0 Å². The van der Waals surface area contributed by atoms with Crippen LogP contribution in [-0.2, 0) is 9.53 Å². The zero-order chi connectivity index (χ0) is 15.7. The standard InChI is InChI=1S/C18H25ClO2/c1-4-21-17(20)18(2,3)14-10-6-5-7-11-15-12-8-9-13-16(15)19/h7-9,11-13H,4-6,10,14H2,1-3H3. The third-order valence-electron chi connectivity index (χ3n) is 3.45. The molecule has 0 bridgehead atoms. The van der Waals surface area contributed by atoms with Gasteiger partial charge in [-0.05, 0) is 51.7 Å². The Morgan fingerprint density at radius 1 is 1.29 bits per heavy atom. The van der Waals surface area contributed by atoms with Gasteiger partial charge in [-0.15, -0.1) is 0 Å². The highest BCUT2D eigenvalue weighted by Gasteiger charge is 2.28. The highest BCUT2D eigenvalue weighted by molar-refractivity contribution is 6.32. The van der Waals surface area contributed by atoms with Gasteiger partial charge in [-0.1, -0.05) is 48.4 Å². The lowest BCUT2D eigenvalue weighted by atomic mass is 9.87. The average Bonchev–Trinajstić information content (AvgIpc) is 2.44. The molecule has 1 rings (SSSR count). The van der Waals surface area contributed by atoms with Crippen molar-refractivity contribution >= 4 is 23.6 Å². The van der Waals surface area contributed by atoms with Crippen molar-refractivity contribution in [2.45, 2.75) is 46.5 Å². The molecule has 116 valence electrons. The summed E-state index contributed by atoms with van der Waals surface area (Å²) in [6, 6.07) is 7.80. The first-order valence-electron chi connectivity index (χ1n) is 7.55. The lowest BCUT2D eigenvalue weighted by Crippen LogP contribution is -2.26. The fraction of sp³-hybridized carbons (Fsp3) is 0.500. The molecule has 0 atom stereocenters. The fourth-order valence-corrected chi connectivity index (χ4v) is 2.28. The van der Waals surface area contributed by atoms with E-state index in [9.17, 15) is 4.79 Å². The van der Waals surface area contributed by atoms with Crippen LogP contribution in [0.15, 0.2) is 30.3 Å². The number of unbranched alkanes of at least 4 members (excludes halogenated alkanes) is 2. The minimum absolute atomic E-state index is 0.100. The lowest BCUT2D eigenvalue weighted by molar-refractivity contribution is -0.153. The largest absolute Gasteiger partial charge is 0.466 e. The molecular formula is C18H25ClO2. The molecule has 0 saturated heterocycles. The molecule has 1 aromatic rings. The number of allylic oxidation sites excluding steroid dienone is 1. The van der Waals surface area contributed by atoms with Gasteiger partial charge >= 0.3 is 5.97 Å². The van der Waals surface area contributed by atoms with E-state index in [0.717, 1.165) is 36.3 Å². The summed E-state index contributed by atoms with van der Waals surface area (Å²) < 4.78 is 5.09. The van der Waals surface area contributed by atoms with E-state index in [2.05, 4.69) is 12.2 Å². The van der Waals surface area contributed by atoms with Crippen molar-refractivity contribution in [2.24, 2.45) is 5.41 Å². The van der Waals surface area contributed by atoms with Crippen molar-refractivity contribution in [2.75, 3.05) is 6.61 Å². The van der Waals surface area contributed by atoms with Crippen LogP contribution >= 0.6 is 11.6 Å². The van der Waals surface area contributed by atoms with Crippen LogP contribution < -0.4 is 0 Å². The highest BCUT2D eigenvalue weighted by atomic mass is 35.5. The molecule has 1 aromatic carbocycles. The van der Waals surface area contributed by atoms with Crippen molar-refractivity contribution < 1.29 is 9.53 Å². The Morgan fingerprint density at radius 3 is 2.67 bits per heavy atom. The Bertz CT molecular complexity index is 478. The smallest absolute Gasteiger partial charge is 0.311 e. The Balaban J connectivity index is 2.29. The number of carbonyl (C=O) groups is 1. The summed E-state index contributed by atoms with van der Waals surface area (Å²) in [6.45, 7) is 6.19. The maximum absolute atomic E-state index is 11.8. The number of halogens is 1. The summed E-state index contributed by atoms with van der Waals surface area (Å²) >= 11 is 6.09. The highest BCUT2D eigenvalue weighted by Crippen LogP contribution is 2.25. The Labute approximate surface area is 133 Å². The van der Waals surface area contributed by atoms with Crippen molar-refractivity contribution in [3.8, 4) is 0 Å². The molecule has 0 aromatic heterocycles. The maximum atomic E-state index is 11.8. The second-order valence-electron chi connectivity index (χ2n) is 5.77. The molecule has 0 amide bonds. The van der Waals surface area contributed by atoms with E-state index in [4.69, 9.17) is 16.3 Å². The molecule has 0 N–H and O–H groups in total. The summed E-state index contributed by atoms with van der Waals surface area (Å²) in [6.07, 6.45) is 8.11. The van der Waals surface area contributed by atoms with Gasteiger partial charge in [0.15, 0.2) is 0 Å². The summed E-state index contributed by atoms with van der Waals surface area (Å²) in [5.41, 5.74) is 0.661. The van der Waals surface area contributed by atoms with Crippen LogP contribution in [0.1, 0.15) is 52.0 Å². The van der Waals surface area contributed by atoms with Crippen LogP contribution in [0, 0.1) is 5.41 Å². The van der Waals surface area contributed by atoms with E-state index in [0.29, 0.717) is 6.61 Å². The van der Waals surface area contributed by atoms with Crippen LogP contribution in [-0.4, -0.2) is 12.6 Å². The molecule has 0 aliphatic heterocycles. The minimum Gasteiger partial charge on any atom is -0.466 e. The molecule has 0 spiro atoms. The third kappa shape index (κ3) is 6.34. The van der Waals surface area contributed by atoms with Crippen molar-refractivity contribution in [1.29, 1.82) is 0 Å². The van der Waals surface area contributed by atoms with E-state index in [1.54, 1.807) is 0 Å². The number of hydrogen-bond acceptors (Lipinski definition) is 2. The van der Waals surface area contributed by atoms with Crippen molar-refractivity contribution in [3.63, 3.8) is 0 Å². The van der Waals surface area contributed by atoms with E-state index >= 15 is 0 Å². The predicted octanol–water partition coefficient (Wildman–Crippen LogP) is 5.50. The number of ether oxygens (including phenoxy) is 1. The molecule has 0 aliphatic carbocycles. The fourth-order valence-electron chi connectivity index (χ4n) is 2.08. The number of hydrogen-bond donors (Lipinski definition) is 0. The predicted molar refractivity (Wildman–Crippen MR) is 89.4 cm³/mol. The molecule has 0 radical (unpaired) electrons. The van der Waals surface area contributed by atoms with Gasteiger partial charge in [0.1, 0.15) is 0 Å². The summed E-state index contributed by atoms with van der Waals surface area (Å²) in [7, 11) is 0. The molecule has 0 fully saturated rings. The summed E-state index contributed by atoms with van der Waals surface area (Å²) in [5.74, 6) is -0.100. The molecule has 0 heterocycles.